The van der Waals surface area contributed by atoms with Gasteiger partial charge in [0.15, 0.2) is 0 Å². The average molecular weight is 178 g/mol. The fraction of sp³-hybridized carbons (Fsp3) is 0.300. The lowest BCUT2D eigenvalue weighted by molar-refractivity contribution is 0.0956. The molecule has 3 N–H and O–H groups in total. The molecule has 0 fully saturated rings. The van der Waals surface area contributed by atoms with E-state index in [0.29, 0.717) is 17.8 Å². The number of benzene rings is 1. The van der Waals surface area contributed by atoms with Crippen molar-refractivity contribution in [3.8, 4) is 0 Å². The van der Waals surface area contributed by atoms with Crippen molar-refractivity contribution in [2.24, 2.45) is 0 Å². The van der Waals surface area contributed by atoms with E-state index < -0.39 is 0 Å². The normalized spacial score (nSPS) is 9.69. The van der Waals surface area contributed by atoms with Crippen LogP contribution < -0.4 is 11.1 Å². The number of hydrogen-bond donors (Lipinski definition) is 2. The minimum absolute atomic E-state index is 0.0504. The van der Waals surface area contributed by atoms with Crippen molar-refractivity contribution < 1.29 is 4.79 Å². The number of aryl methyl sites for hydroxylation is 1. The lowest BCUT2D eigenvalue weighted by Gasteiger charge is -2.04. The molecule has 0 heterocycles. The number of anilines is 1. The first-order valence-electron chi connectivity index (χ1n) is 4.29. The summed E-state index contributed by atoms with van der Waals surface area (Å²) in [5.74, 6) is -0.0504. The van der Waals surface area contributed by atoms with Crippen molar-refractivity contribution in [1.82, 2.24) is 5.32 Å². The van der Waals surface area contributed by atoms with Gasteiger partial charge >= 0.3 is 0 Å². The van der Waals surface area contributed by atoms with Gasteiger partial charge in [-0.1, -0.05) is 0 Å². The molecule has 0 saturated heterocycles. The lowest BCUT2D eigenvalue weighted by Crippen LogP contribution is -2.22. The molecule has 0 unspecified atom stereocenters. The van der Waals surface area contributed by atoms with Crippen molar-refractivity contribution >= 4 is 11.6 Å². The third kappa shape index (κ3) is 2.21. The summed E-state index contributed by atoms with van der Waals surface area (Å²) in [6, 6.07) is 5.27. The highest BCUT2D eigenvalue weighted by Gasteiger charge is 2.04. The molecule has 3 nitrogen and oxygen atoms in total. The number of carbonyl (C=O) groups excluding carboxylic acids is 1. The maximum atomic E-state index is 11.4. The first kappa shape index (κ1) is 9.58. The van der Waals surface area contributed by atoms with Crippen molar-refractivity contribution in [3.63, 3.8) is 0 Å². The Bertz CT molecular complexity index is 321. The number of rotatable bonds is 2. The summed E-state index contributed by atoms with van der Waals surface area (Å²) in [7, 11) is 0. The smallest absolute Gasteiger partial charge is 0.251 e. The predicted molar refractivity (Wildman–Crippen MR) is 53.6 cm³/mol. The first-order chi connectivity index (χ1) is 6.15. The summed E-state index contributed by atoms with van der Waals surface area (Å²) in [5, 5.41) is 2.73. The zero-order valence-corrected chi connectivity index (χ0v) is 7.92. The highest BCUT2D eigenvalue weighted by Crippen LogP contribution is 2.12. The molecule has 0 spiro atoms. The van der Waals surface area contributed by atoms with E-state index in [1.165, 1.54) is 0 Å². The largest absolute Gasteiger partial charge is 0.399 e. The molecule has 0 aliphatic carbocycles. The summed E-state index contributed by atoms with van der Waals surface area (Å²) in [6.45, 7) is 4.42. The SMILES string of the molecule is CCNC(=O)c1ccc(N)c(C)c1. The van der Waals surface area contributed by atoms with E-state index in [2.05, 4.69) is 5.32 Å². The van der Waals surface area contributed by atoms with Gasteiger partial charge in [0.2, 0.25) is 0 Å². The second kappa shape index (κ2) is 3.94. The van der Waals surface area contributed by atoms with Gasteiger partial charge in [0, 0.05) is 17.8 Å². The Morgan fingerprint density at radius 1 is 1.54 bits per heavy atom. The van der Waals surface area contributed by atoms with Gasteiger partial charge in [-0.3, -0.25) is 4.79 Å². The molecule has 0 atom stereocenters. The number of amides is 1. The van der Waals surface area contributed by atoms with E-state index in [-0.39, 0.29) is 5.91 Å². The third-order valence-corrected chi connectivity index (χ3v) is 1.87. The van der Waals surface area contributed by atoms with Crippen molar-refractivity contribution in [3.05, 3.63) is 29.3 Å². The number of nitrogens with one attached hydrogen (secondary N) is 1. The van der Waals surface area contributed by atoms with Crippen LogP contribution in [0.2, 0.25) is 0 Å². The highest BCUT2D eigenvalue weighted by molar-refractivity contribution is 5.94. The molecule has 1 aromatic carbocycles. The van der Waals surface area contributed by atoms with Gasteiger partial charge in [-0.15, -0.1) is 0 Å². The van der Waals surface area contributed by atoms with Crippen LogP contribution in [0, 0.1) is 6.92 Å². The first-order valence-corrected chi connectivity index (χ1v) is 4.29. The molecule has 0 bridgehead atoms. The Kier molecular flexibility index (Phi) is 2.90. The van der Waals surface area contributed by atoms with Crippen LogP contribution in [0.3, 0.4) is 0 Å². The molecule has 0 aliphatic rings. The molecule has 3 heteroatoms. The topological polar surface area (TPSA) is 55.1 Å². The van der Waals surface area contributed by atoms with Crippen LogP contribution in [0.5, 0.6) is 0 Å². The van der Waals surface area contributed by atoms with Crippen molar-refractivity contribution in [2.45, 2.75) is 13.8 Å². The lowest BCUT2D eigenvalue weighted by atomic mass is 10.1. The van der Waals surface area contributed by atoms with Crippen LogP contribution in [0.15, 0.2) is 18.2 Å². The molecular formula is C10H14N2O. The molecule has 0 saturated carbocycles. The number of nitrogens with two attached hydrogens (primary N) is 1. The van der Waals surface area contributed by atoms with Gasteiger partial charge < -0.3 is 11.1 Å². The zero-order chi connectivity index (χ0) is 9.84. The van der Waals surface area contributed by atoms with E-state index in [0.717, 1.165) is 5.56 Å². The Labute approximate surface area is 77.9 Å². The molecule has 0 aliphatic heterocycles. The summed E-state index contributed by atoms with van der Waals surface area (Å²) < 4.78 is 0. The van der Waals surface area contributed by atoms with E-state index in [1.54, 1.807) is 18.2 Å². The Morgan fingerprint density at radius 2 is 2.23 bits per heavy atom. The van der Waals surface area contributed by atoms with Crippen LogP contribution >= 0.6 is 0 Å². The van der Waals surface area contributed by atoms with E-state index in [9.17, 15) is 4.79 Å². The average Bonchev–Trinajstić information content (AvgIpc) is 2.10. The molecule has 70 valence electrons. The summed E-state index contributed by atoms with van der Waals surface area (Å²) in [5.41, 5.74) is 7.94. The maximum absolute atomic E-state index is 11.4. The van der Waals surface area contributed by atoms with Gasteiger partial charge in [0.1, 0.15) is 0 Å². The van der Waals surface area contributed by atoms with Crippen LogP contribution in [0.4, 0.5) is 5.69 Å². The standard InChI is InChI=1S/C10H14N2O/c1-3-12-10(13)8-4-5-9(11)7(2)6-8/h4-6H,3,11H2,1-2H3,(H,12,13). The zero-order valence-electron chi connectivity index (χ0n) is 7.92. The molecule has 0 radical (unpaired) electrons. The van der Waals surface area contributed by atoms with E-state index in [4.69, 9.17) is 5.73 Å². The number of hydrogen-bond acceptors (Lipinski definition) is 2. The van der Waals surface area contributed by atoms with Crippen LogP contribution in [-0.4, -0.2) is 12.5 Å². The minimum atomic E-state index is -0.0504. The predicted octanol–water partition coefficient (Wildman–Crippen LogP) is 1.33. The Hall–Kier alpha value is -1.51. The van der Waals surface area contributed by atoms with Crippen molar-refractivity contribution in [1.29, 1.82) is 0 Å². The maximum Gasteiger partial charge on any atom is 0.251 e. The highest BCUT2D eigenvalue weighted by atomic mass is 16.1. The second-order valence-electron chi connectivity index (χ2n) is 2.93. The molecule has 1 rings (SSSR count). The fourth-order valence-corrected chi connectivity index (χ4v) is 1.08. The molecule has 1 amide bonds. The van der Waals surface area contributed by atoms with E-state index in [1.807, 2.05) is 13.8 Å². The number of nitrogen functional groups attached to an aromatic ring is 1. The van der Waals surface area contributed by atoms with Gasteiger partial charge in [0.25, 0.3) is 5.91 Å². The van der Waals surface area contributed by atoms with Gasteiger partial charge in [0.05, 0.1) is 0 Å². The Balaban J connectivity index is 2.90. The Morgan fingerprint density at radius 3 is 2.77 bits per heavy atom. The van der Waals surface area contributed by atoms with Crippen LogP contribution in [0.25, 0.3) is 0 Å². The molecular weight excluding hydrogens is 164 g/mol. The van der Waals surface area contributed by atoms with Crippen molar-refractivity contribution in [2.75, 3.05) is 12.3 Å². The molecule has 1 aromatic rings. The third-order valence-electron chi connectivity index (χ3n) is 1.87. The molecule has 0 aromatic heterocycles. The number of carbonyl (C=O) groups is 1. The fourth-order valence-electron chi connectivity index (χ4n) is 1.08. The van der Waals surface area contributed by atoms with E-state index >= 15 is 0 Å². The summed E-state index contributed by atoms with van der Waals surface area (Å²) >= 11 is 0. The summed E-state index contributed by atoms with van der Waals surface area (Å²) in [6.07, 6.45) is 0. The van der Waals surface area contributed by atoms with Crippen LogP contribution in [-0.2, 0) is 0 Å². The monoisotopic (exact) mass is 178 g/mol. The summed E-state index contributed by atoms with van der Waals surface area (Å²) in [4.78, 5) is 11.4. The van der Waals surface area contributed by atoms with Crippen LogP contribution in [0.1, 0.15) is 22.8 Å². The van der Waals surface area contributed by atoms with Gasteiger partial charge in [-0.25, -0.2) is 0 Å². The minimum Gasteiger partial charge on any atom is -0.399 e. The van der Waals surface area contributed by atoms with Gasteiger partial charge in [-0.05, 0) is 37.6 Å². The molecule has 13 heavy (non-hydrogen) atoms. The quantitative estimate of drug-likeness (QED) is 0.671. The van der Waals surface area contributed by atoms with Gasteiger partial charge in [-0.2, -0.15) is 0 Å². The second-order valence-corrected chi connectivity index (χ2v) is 2.93.